The second kappa shape index (κ2) is 6.86. The number of urea groups is 1. The van der Waals surface area contributed by atoms with Gasteiger partial charge < -0.3 is 24.4 Å². The summed E-state index contributed by atoms with van der Waals surface area (Å²) < 4.78 is 10.7. The monoisotopic (exact) mass is 372 g/mol. The van der Waals surface area contributed by atoms with Crippen LogP contribution in [0.5, 0.6) is 0 Å². The van der Waals surface area contributed by atoms with Crippen molar-refractivity contribution in [2.75, 3.05) is 26.7 Å². The zero-order valence-corrected chi connectivity index (χ0v) is 14.9. The molecular weight excluding hydrogens is 352 g/mol. The zero-order valence-electron chi connectivity index (χ0n) is 14.9. The highest BCUT2D eigenvalue weighted by Crippen LogP contribution is 2.31. The van der Waals surface area contributed by atoms with Gasteiger partial charge in [0, 0.05) is 31.5 Å². The number of aromatic nitrogens is 3. The maximum atomic E-state index is 12.5. The normalized spacial score (nSPS) is 22.2. The van der Waals surface area contributed by atoms with Gasteiger partial charge in [0.25, 0.3) is 0 Å². The minimum absolute atomic E-state index is 0.120. The molecule has 0 unspecified atom stereocenters. The van der Waals surface area contributed by atoms with E-state index in [9.17, 15) is 9.59 Å². The van der Waals surface area contributed by atoms with Gasteiger partial charge in [-0.15, -0.1) is 0 Å². The number of likely N-dealkylation sites (tertiary alicyclic amines) is 1. The Morgan fingerprint density at radius 2 is 2.30 bits per heavy atom. The summed E-state index contributed by atoms with van der Waals surface area (Å²) in [6, 6.07) is 3.36. The Balaban J connectivity index is 1.34. The van der Waals surface area contributed by atoms with E-state index in [0.29, 0.717) is 31.3 Å². The summed E-state index contributed by atoms with van der Waals surface area (Å²) in [6.07, 6.45) is 4.49. The molecule has 0 saturated carbocycles. The lowest BCUT2D eigenvalue weighted by Crippen LogP contribution is -2.54. The smallest absolute Gasteiger partial charge is 0.410 e. The van der Waals surface area contributed by atoms with Crippen molar-refractivity contribution >= 4 is 12.1 Å². The predicted molar refractivity (Wildman–Crippen MR) is 92.4 cm³/mol. The molecule has 4 rings (SSSR count). The summed E-state index contributed by atoms with van der Waals surface area (Å²) in [7, 11) is 1.70. The Morgan fingerprint density at radius 1 is 1.41 bits per heavy atom. The molecule has 0 aliphatic carbocycles. The zero-order chi connectivity index (χ0) is 18.9. The van der Waals surface area contributed by atoms with E-state index in [4.69, 9.17) is 9.26 Å². The Bertz CT molecular complexity index is 841. The van der Waals surface area contributed by atoms with Gasteiger partial charge in [-0.1, -0.05) is 5.16 Å². The highest BCUT2D eigenvalue weighted by atomic mass is 16.6. The minimum atomic E-state index is -0.612. The molecule has 10 heteroatoms. The molecule has 4 heterocycles. The third kappa shape index (κ3) is 3.55. The van der Waals surface area contributed by atoms with Crippen molar-refractivity contribution in [2.24, 2.45) is 0 Å². The standard InChI is InChI=1S/C17H20N6O4/c1-22-10-17(26-16(22)25)5-3-7-23(11-17)15(24)19-9-13-20-14(21-27-13)12-4-2-6-18-8-12/h2,4,6,8H,3,5,7,9-11H2,1H3,(H,19,24)/t17-/m0/s1. The number of hydrogen-bond donors (Lipinski definition) is 1. The summed E-state index contributed by atoms with van der Waals surface area (Å²) in [5.74, 6) is 0.728. The van der Waals surface area contributed by atoms with Gasteiger partial charge in [0.05, 0.1) is 19.6 Å². The van der Waals surface area contributed by atoms with Gasteiger partial charge >= 0.3 is 12.1 Å². The number of amides is 3. The average Bonchev–Trinajstić information content (AvgIpc) is 3.25. The van der Waals surface area contributed by atoms with E-state index in [1.165, 1.54) is 0 Å². The highest BCUT2D eigenvalue weighted by Gasteiger charge is 2.47. The molecule has 2 aliphatic heterocycles. The summed E-state index contributed by atoms with van der Waals surface area (Å²) >= 11 is 0. The Morgan fingerprint density at radius 3 is 3.04 bits per heavy atom. The van der Waals surface area contributed by atoms with Gasteiger partial charge in [0.1, 0.15) is 5.60 Å². The molecule has 3 amide bonds. The van der Waals surface area contributed by atoms with E-state index in [1.54, 1.807) is 35.3 Å². The lowest BCUT2D eigenvalue weighted by atomic mass is 9.93. The molecule has 1 atom stereocenters. The fourth-order valence-corrected chi connectivity index (χ4v) is 3.48. The largest absolute Gasteiger partial charge is 0.439 e. The van der Waals surface area contributed by atoms with Crippen LogP contribution in [0.15, 0.2) is 29.0 Å². The molecule has 2 aromatic rings. The van der Waals surface area contributed by atoms with Crippen LogP contribution in [0, 0.1) is 0 Å². The SMILES string of the molecule is CN1C[C@]2(CCCN(C(=O)NCc3nc(-c4cccnc4)no3)C2)OC1=O. The average molecular weight is 372 g/mol. The van der Waals surface area contributed by atoms with Crippen LogP contribution < -0.4 is 5.32 Å². The van der Waals surface area contributed by atoms with Crippen molar-refractivity contribution in [1.29, 1.82) is 0 Å². The van der Waals surface area contributed by atoms with Crippen molar-refractivity contribution in [3.8, 4) is 11.4 Å². The number of carbonyl (C=O) groups excluding carboxylic acids is 2. The second-order valence-electron chi connectivity index (χ2n) is 6.84. The lowest BCUT2D eigenvalue weighted by molar-refractivity contribution is 0.00311. The fraction of sp³-hybridized carbons (Fsp3) is 0.471. The maximum absolute atomic E-state index is 12.5. The molecule has 0 bridgehead atoms. The molecule has 1 spiro atoms. The first-order chi connectivity index (χ1) is 13.0. The van der Waals surface area contributed by atoms with Crippen LogP contribution in [0.25, 0.3) is 11.4 Å². The third-order valence-corrected chi connectivity index (χ3v) is 4.75. The molecular formula is C17H20N6O4. The van der Waals surface area contributed by atoms with E-state index in [0.717, 1.165) is 18.4 Å². The predicted octanol–water partition coefficient (Wildman–Crippen LogP) is 1.26. The summed E-state index contributed by atoms with van der Waals surface area (Å²) in [4.78, 5) is 35.7. The van der Waals surface area contributed by atoms with Gasteiger partial charge in [-0.2, -0.15) is 4.98 Å². The molecule has 27 heavy (non-hydrogen) atoms. The van der Waals surface area contributed by atoms with Crippen LogP contribution in [0.1, 0.15) is 18.7 Å². The van der Waals surface area contributed by atoms with Crippen molar-refractivity contribution in [1.82, 2.24) is 30.2 Å². The van der Waals surface area contributed by atoms with Gasteiger partial charge in [0.15, 0.2) is 0 Å². The number of nitrogens with zero attached hydrogens (tertiary/aromatic N) is 5. The van der Waals surface area contributed by atoms with Gasteiger partial charge in [0.2, 0.25) is 11.7 Å². The Labute approximate surface area is 155 Å². The Hall–Kier alpha value is -3.17. The number of likely N-dealkylation sites (N-methyl/N-ethyl adjacent to an activating group) is 1. The number of rotatable bonds is 3. The van der Waals surface area contributed by atoms with Crippen molar-refractivity contribution in [3.05, 3.63) is 30.4 Å². The molecule has 2 aromatic heterocycles. The fourth-order valence-electron chi connectivity index (χ4n) is 3.48. The van der Waals surface area contributed by atoms with Gasteiger partial charge in [-0.3, -0.25) is 4.98 Å². The highest BCUT2D eigenvalue weighted by molar-refractivity contribution is 5.75. The first kappa shape index (κ1) is 17.3. The van der Waals surface area contributed by atoms with Crippen LogP contribution >= 0.6 is 0 Å². The van der Waals surface area contributed by atoms with Crippen LogP contribution in [-0.2, 0) is 11.3 Å². The minimum Gasteiger partial charge on any atom is -0.439 e. The first-order valence-corrected chi connectivity index (χ1v) is 8.75. The molecule has 2 saturated heterocycles. The maximum Gasteiger partial charge on any atom is 0.410 e. The Kier molecular flexibility index (Phi) is 4.38. The van der Waals surface area contributed by atoms with E-state index in [-0.39, 0.29) is 18.7 Å². The number of carbonyl (C=O) groups is 2. The van der Waals surface area contributed by atoms with E-state index >= 15 is 0 Å². The van der Waals surface area contributed by atoms with E-state index in [2.05, 4.69) is 20.4 Å². The quantitative estimate of drug-likeness (QED) is 0.863. The van der Waals surface area contributed by atoms with E-state index in [1.807, 2.05) is 6.07 Å². The van der Waals surface area contributed by atoms with Crippen LogP contribution in [0.3, 0.4) is 0 Å². The molecule has 0 aromatic carbocycles. The van der Waals surface area contributed by atoms with E-state index < -0.39 is 5.60 Å². The molecule has 2 fully saturated rings. The summed E-state index contributed by atoms with van der Waals surface area (Å²) in [5, 5.41) is 6.68. The first-order valence-electron chi connectivity index (χ1n) is 8.75. The van der Waals surface area contributed by atoms with Crippen LogP contribution in [0.4, 0.5) is 9.59 Å². The second-order valence-corrected chi connectivity index (χ2v) is 6.84. The number of piperidine rings is 1. The van der Waals surface area contributed by atoms with Gasteiger partial charge in [-0.05, 0) is 25.0 Å². The molecule has 10 nitrogen and oxygen atoms in total. The number of hydrogen-bond acceptors (Lipinski definition) is 7. The van der Waals surface area contributed by atoms with Crippen molar-refractivity contribution < 1.29 is 18.8 Å². The molecule has 142 valence electrons. The van der Waals surface area contributed by atoms with Gasteiger partial charge in [-0.25, -0.2) is 9.59 Å². The third-order valence-electron chi connectivity index (χ3n) is 4.75. The lowest BCUT2D eigenvalue weighted by Gasteiger charge is -2.38. The molecule has 0 radical (unpaired) electrons. The number of pyridine rings is 1. The van der Waals surface area contributed by atoms with Crippen molar-refractivity contribution in [3.63, 3.8) is 0 Å². The number of ether oxygens (including phenoxy) is 1. The topological polar surface area (TPSA) is 114 Å². The van der Waals surface area contributed by atoms with Crippen LogP contribution in [-0.4, -0.2) is 69.3 Å². The van der Waals surface area contributed by atoms with Crippen LogP contribution in [0.2, 0.25) is 0 Å². The van der Waals surface area contributed by atoms with Crippen molar-refractivity contribution in [2.45, 2.75) is 25.0 Å². The summed E-state index contributed by atoms with van der Waals surface area (Å²) in [5.41, 5.74) is 0.128. The number of nitrogens with one attached hydrogen (secondary N) is 1. The molecule has 2 aliphatic rings. The molecule has 1 N–H and O–H groups in total. The summed E-state index contributed by atoms with van der Waals surface area (Å²) in [6.45, 7) is 1.60.